The Labute approximate surface area is 232 Å². The SMILES string of the molecule is COc1cc2nccc(Oc3ccc(NC(=O)/C(=N/NCCO)C(=O)Nc4ccc(F)cc4)cc3F)c2cc1OC. The Morgan fingerprint density at radius 1 is 0.854 bits per heavy atom. The molecule has 212 valence electrons. The highest BCUT2D eigenvalue weighted by Gasteiger charge is 2.22. The number of aliphatic hydroxyl groups excluding tert-OH is 1. The highest BCUT2D eigenvalue weighted by atomic mass is 19.1. The van der Waals surface area contributed by atoms with Crippen LogP contribution in [-0.4, -0.2) is 55.0 Å². The summed E-state index contributed by atoms with van der Waals surface area (Å²) in [6.07, 6.45) is 1.50. The molecule has 0 atom stereocenters. The minimum atomic E-state index is -0.968. The maximum absolute atomic E-state index is 15.1. The van der Waals surface area contributed by atoms with Gasteiger partial charge in [0.1, 0.15) is 11.6 Å². The first-order valence-corrected chi connectivity index (χ1v) is 12.1. The number of aliphatic hydroxyl groups is 1. The van der Waals surface area contributed by atoms with Gasteiger partial charge in [-0.1, -0.05) is 0 Å². The summed E-state index contributed by atoms with van der Waals surface area (Å²) in [7, 11) is 2.98. The van der Waals surface area contributed by atoms with Crippen LogP contribution in [0.25, 0.3) is 10.9 Å². The van der Waals surface area contributed by atoms with E-state index in [1.165, 1.54) is 44.7 Å². The van der Waals surface area contributed by atoms with Gasteiger partial charge in [-0.15, -0.1) is 0 Å². The van der Waals surface area contributed by atoms with Crippen molar-refractivity contribution in [3.05, 3.63) is 78.5 Å². The van der Waals surface area contributed by atoms with Crippen LogP contribution >= 0.6 is 0 Å². The number of hydrogen-bond acceptors (Lipinski definition) is 9. The van der Waals surface area contributed by atoms with Gasteiger partial charge in [0, 0.05) is 35.1 Å². The zero-order valence-corrected chi connectivity index (χ0v) is 21.9. The molecule has 3 aromatic carbocycles. The molecule has 11 nitrogen and oxygen atoms in total. The lowest BCUT2D eigenvalue weighted by molar-refractivity contribution is -0.114. The zero-order valence-electron chi connectivity index (χ0n) is 21.9. The lowest BCUT2D eigenvalue weighted by atomic mass is 10.1. The van der Waals surface area contributed by atoms with Crippen molar-refractivity contribution in [3.8, 4) is 23.0 Å². The zero-order chi connectivity index (χ0) is 29.4. The van der Waals surface area contributed by atoms with Crippen LogP contribution in [0.1, 0.15) is 0 Å². The maximum atomic E-state index is 15.1. The molecule has 0 aliphatic carbocycles. The van der Waals surface area contributed by atoms with Crippen molar-refractivity contribution in [1.82, 2.24) is 10.4 Å². The summed E-state index contributed by atoms with van der Waals surface area (Å²) in [4.78, 5) is 29.9. The van der Waals surface area contributed by atoms with Gasteiger partial charge in [0.15, 0.2) is 23.1 Å². The molecule has 0 fully saturated rings. The molecule has 2 amide bonds. The number of rotatable bonds is 11. The Hall–Kier alpha value is -5.30. The molecule has 0 radical (unpaired) electrons. The standard InChI is InChI=1S/C28H25F2N5O6/c1-39-24-14-19-21(15-25(24)40-2)31-10-9-22(19)41-23-8-7-18(13-20(23)30)34-28(38)26(35-32-11-12-36)27(37)33-17-5-3-16(29)4-6-17/h3-10,13-15,32,36H,11-12H2,1-2H3,(H,33,37)(H,34,38)/b35-26+. The molecule has 4 aromatic rings. The van der Waals surface area contributed by atoms with Crippen LogP contribution in [0.3, 0.4) is 0 Å². The topological polar surface area (TPSA) is 143 Å². The number of ether oxygens (including phenoxy) is 3. The smallest absolute Gasteiger partial charge is 0.281 e. The van der Waals surface area contributed by atoms with Gasteiger partial charge in [0.2, 0.25) is 5.71 Å². The van der Waals surface area contributed by atoms with Crippen LogP contribution in [0.5, 0.6) is 23.0 Å². The minimum Gasteiger partial charge on any atom is -0.493 e. The van der Waals surface area contributed by atoms with Crippen molar-refractivity contribution in [3.63, 3.8) is 0 Å². The maximum Gasteiger partial charge on any atom is 0.281 e. The lowest BCUT2D eigenvalue weighted by Crippen LogP contribution is -2.36. The highest BCUT2D eigenvalue weighted by Crippen LogP contribution is 2.37. The van der Waals surface area contributed by atoms with E-state index >= 15 is 4.39 Å². The number of methoxy groups -OCH3 is 2. The van der Waals surface area contributed by atoms with Crippen molar-refractivity contribution in [2.75, 3.05) is 38.0 Å². The second kappa shape index (κ2) is 13.2. The quantitative estimate of drug-likeness (QED) is 0.0930. The predicted molar refractivity (Wildman–Crippen MR) is 148 cm³/mol. The van der Waals surface area contributed by atoms with Gasteiger partial charge < -0.3 is 35.4 Å². The van der Waals surface area contributed by atoms with Gasteiger partial charge in [-0.05, 0) is 48.5 Å². The summed E-state index contributed by atoms with van der Waals surface area (Å²) in [6, 6.07) is 13.4. The van der Waals surface area contributed by atoms with Gasteiger partial charge >= 0.3 is 0 Å². The number of halogens is 2. The van der Waals surface area contributed by atoms with Gasteiger partial charge in [-0.3, -0.25) is 14.6 Å². The summed E-state index contributed by atoms with van der Waals surface area (Å²) in [5.74, 6) is -2.14. The molecule has 0 unspecified atom stereocenters. The molecule has 0 aliphatic rings. The fraction of sp³-hybridized carbons (Fsp3) is 0.143. The van der Waals surface area contributed by atoms with Crippen molar-refractivity contribution in [2.45, 2.75) is 0 Å². The second-order valence-corrected chi connectivity index (χ2v) is 8.29. The Kier molecular flexibility index (Phi) is 9.22. The average Bonchev–Trinajstić information content (AvgIpc) is 2.97. The second-order valence-electron chi connectivity index (χ2n) is 8.29. The average molecular weight is 566 g/mol. The number of nitrogens with one attached hydrogen (secondary N) is 3. The fourth-order valence-corrected chi connectivity index (χ4v) is 3.62. The fourth-order valence-electron chi connectivity index (χ4n) is 3.62. The normalized spacial score (nSPS) is 11.1. The van der Waals surface area contributed by atoms with E-state index in [9.17, 15) is 14.0 Å². The molecule has 0 saturated heterocycles. The van der Waals surface area contributed by atoms with E-state index in [0.717, 1.165) is 18.2 Å². The first kappa shape index (κ1) is 28.7. The van der Waals surface area contributed by atoms with E-state index in [-0.39, 0.29) is 30.3 Å². The third kappa shape index (κ3) is 7.02. The first-order chi connectivity index (χ1) is 19.8. The number of amides is 2. The Morgan fingerprint density at radius 3 is 2.17 bits per heavy atom. The number of carbonyl (C=O) groups excluding carboxylic acids is 2. The number of benzene rings is 3. The summed E-state index contributed by atoms with van der Waals surface area (Å²) < 4.78 is 44.7. The Bertz CT molecular complexity index is 1600. The number of nitrogens with zero attached hydrogens (tertiary/aromatic N) is 2. The molecule has 4 rings (SSSR count). The Balaban J connectivity index is 1.53. The number of hydrogen-bond donors (Lipinski definition) is 4. The van der Waals surface area contributed by atoms with Crippen LogP contribution in [-0.2, 0) is 9.59 Å². The Morgan fingerprint density at radius 2 is 1.51 bits per heavy atom. The van der Waals surface area contributed by atoms with E-state index in [1.54, 1.807) is 18.2 Å². The van der Waals surface area contributed by atoms with E-state index in [0.29, 0.717) is 28.2 Å². The van der Waals surface area contributed by atoms with E-state index < -0.39 is 29.2 Å². The number of hydrazone groups is 1. The summed E-state index contributed by atoms with van der Waals surface area (Å²) in [5.41, 5.74) is 2.54. The number of pyridine rings is 1. The molecule has 0 spiro atoms. The van der Waals surface area contributed by atoms with Gasteiger partial charge in [0.05, 0.1) is 32.9 Å². The number of fused-ring (bicyclic) bond motifs is 1. The molecular formula is C28H25F2N5O6. The van der Waals surface area contributed by atoms with Gasteiger partial charge in [-0.25, -0.2) is 8.78 Å². The van der Waals surface area contributed by atoms with Crippen LogP contribution in [0, 0.1) is 11.6 Å². The van der Waals surface area contributed by atoms with Gasteiger partial charge in [0.25, 0.3) is 11.8 Å². The molecule has 0 saturated carbocycles. The largest absolute Gasteiger partial charge is 0.493 e. The summed E-state index contributed by atoms with van der Waals surface area (Å²) >= 11 is 0. The first-order valence-electron chi connectivity index (χ1n) is 12.1. The third-order valence-corrected chi connectivity index (χ3v) is 5.56. The van der Waals surface area contributed by atoms with Crippen molar-refractivity contribution in [1.29, 1.82) is 0 Å². The number of aromatic nitrogens is 1. The third-order valence-electron chi connectivity index (χ3n) is 5.56. The van der Waals surface area contributed by atoms with Crippen LogP contribution in [0.15, 0.2) is 72.0 Å². The van der Waals surface area contributed by atoms with Crippen molar-refractivity contribution < 1.29 is 37.7 Å². The van der Waals surface area contributed by atoms with Crippen LogP contribution in [0.2, 0.25) is 0 Å². The van der Waals surface area contributed by atoms with Crippen molar-refractivity contribution >= 4 is 39.8 Å². The molecule has 0 bridgehead atoms. The molecule has 1 aromatic heterocycles. The molecular weight excluding hydrogens is 540 g/mol. The van der Waals surface area contributed by atoms with Crippen molar-refractivity contribution in [2.24, 2.45) is 5.10 Å². The number of anilines is 2. The van der Waals surface area contributed by atoms with E-state index in [4.69, 9.17) is 19.3 Å². The summed E-state index contributed by atoms with van der Waals surface area (Å²) in [5, 5.41) is 18.1. The molecule has 1 heterocycles. The lowest BCUT2D eigenvalue weighted by Gasteiger charge is -2.13. The summed E-state index contributed by atoms with van der Waals surface area (Å²) in [6.45, 7) is -0.346. The van der Waals surface area contributed by atoms with Gasteiger partial charge in [-0.2, -0.15) is 5.10 Å². The molecule has 4 N–H and O–H groups in total. The van der Waals surface area contributed by atoms with Crippen LogP contribution < -0.4 is 30.3 Å². The van der Waals surface area contributed by atoms with E-state index in [2.05, 4.69) is 26.1 Å². The molecule has 13 heteroatoms. The molecule has 41 heavy (non-hydrogen) atoms. The van der Waals surface area contributed by atoms with E-state index in [1.807, 2.05) is 0 Å². The predicted octanol–water partition coefficient (Wildman–Crippen LogP) is 3.84. The monoisotopic (exact) mass is 565 g/mol. The highest BCUT2D eigenvalue weighted by molar-refractivity contribution is 6.69. The molecule has 0 aliphatic heterocycles. The number of carbonyl (C=O) groups is 2. The minimum absolute atomic E-state index is 0.00952. The van der Waals surface area contributed by atoms with Crippen LogP contribution in [0.4, 0.5) is 20.2 Å².